The molecule has 1 atom stereocenters. The molecule has 3 N–H and O–H groups in total. The van der Waals surface area contributed by atoms with E-state index in [1.54, 1.807) is 18.2 Å². The van der Waals surface area contributed by atoms with Gasteiger partial charge in [-0.05, 0) is 92.6 Å². The SMILES string of the molecule is CCC(Sc1cccc(NC(=S)Nc2ccc(C(C)=O)cc2)c1)C(=O)Nc1cccc(Cl)c1C. The molecule has 0 heterocycles. The van der Waals surface area contributed by atoms with Crippen LogP contribution in [0.25, 0.3) is 0 Å². The Kier molecular flexibility index (Phi) is 9.10. The number of Topliss-reactive ketones (excluding diaryl/α,β-unsaturated/α-hetero) is 1. The molecule has 0 spiro atoms. The summed E-state index contributed by atoms with van der Waals surface area (Å²) in [6.45, 7) is 5.40. The second kappa shape index (κ2) is 12.0. The summed E-state index contributed by atoms with van der Waals surface area (Å²) in [7, 11) is 0. The summed E-state index contributed by atoms with van der Waals surface area (Å²) in [4.78, 5) is 25.3. The predicted octanol–water partition coefficient (Wildman–Crippen LogP) is 7.17. The summed E-state index contributed by atoms with van der Waals surface area (Å²) in [6, 6.07) is 20.4. The molecule has 8 heteroatoms. The molecule has 0 aliphatic rings. The van der Waals surface area contributed by atoms with E-state index in [2.05, 4.69) is 16.0 Å². The molecule has 5 nitrogen and oxygen atoms in total. The first kappa shape index (κ1) is 25.7. The first-order valence-electron chi connectivity index (χ1n) is 10.8. The molecule has 1 amide bonds. The summed E-state index contributed by atoms with van der Waals surface area (Å²) >= 11 is 13.1. The van der Waals surface area contributed by atoms with Crippen molar-refractivity contribution in [2.75, 3.05) is 16.0 Å². The first-order valence-corrected chi connectivity index (χ1v) is 12.4. The van der Waals surface area contributed by atoms with Crippen LogP contribution in [0.5, 0.6) is 0 Å². The van der Waals surface area contributed by atoms with Crippen LogP contribution in [0, 0.1) is 6.92 Å². The van der Waals surface area contributed by atoms with Gasteiger partial charge in [0.1, 0.15) is 0 Å². The molecule has 0 radical (unpaired) electrons. The van der Waals surface area contributed by atoms with E-state index < -0.39 is 0 Å². The zero-order valence-electron chi connectivity index (χ0n) is 19.1. The molecule has 3 aromatic carbocycles. The van der Waals surface area contributed by atoms with Crippen molar-refractivity contribution in [1.82, 2.24) is 0 Å². The number of halogens is 1. The molecule has 0 aliphatic carbocycles. The molecule has 176 valence electrons. The Hall–Kier alpha value is -2.87. The van der Waals surface area contributed by atoms with Crippen molar-refractivity contribution in [2.45, 2.75) is 37.3 Å². The molecular formula is C26H26ClN3O2S2. The standard InChI is InChI=1S/C26H26ClN3O2S2/c1-4-24(25(32)30-23-10-6-9-22(27)16(23)2)34-21-8-5-7-20(15-21)29-26(33)28-19-13-11-18(12-14-19)17(3)31/h5-15,24H,4H2,1-3H3,(H,30,32)(H2,28,29,33). The average Bonchev–Trinajstić information content (AvgIpc) is 2.81. The van der Waals surface area contributed by atoms with E-state index in [4.69, 9.17) is 23.8 Å². The van der Waals surface area contributed by atoms with E-state index >= 15 is 0 Å². The normalized spacial score (nSPS) is 11.4. The van der Waals surface area contributed by atoms with E-state index in [0.717, 1.165) is 27.5 Å². The number of amides is 1. The molecule has 34 heavy (non-hydrogen) atoms. The Morgan fingerprint density at radius 1 is 0.971 bits per heavy atom. The van der Waals surface area contributed by atoms with Gasteiger partial charge in [-0.3, -0.25) is 9.59 Å². The second-order valence-corrected chi connectivity index (χ2v) is 9.75. The molecule has 0 saturated carbocycles. The van der Waals surface area contributed by atoms with Gasteiger partial charge in [-0.25, -0.2) is 0 Å². The van der Waals surface area contributed by atoms with Crippen molar-refractivity contribution in [3.05, 3.63) is 82.9 Å². The van der Waals surface area contributed by atoms with Gasteiger partial charge >= 0.3 is 0 Å². The maximum atomic E-state index is 12.9. The Bertz CT molecular complexity index is 1200. The number of benzene rings is 3. The van der Waals surface area contributed by atoms with Crippen molar-refractivity contribution in [2.24, 2.45) is 0 Å². The summed E-state index contributed by atoms with van der Waals surface area (Å²) < 4.78 is 0. The lowest BCUT2D eigenvalue weighted by atomic mass is 10.1. The summed E-state index contributed by atoms with van der Waals surface area (Å²) in [5, 5.41) is 10.1. The zero-order valence-corrected chi connectivity index (χ0v) is 21.5. The Balaban J connectivity index is 1.62. The summed E-state index contributed by atoms with van der Waals surface area (Å²) in [5.41, 5.74) is 3.81. The molecule has 3 rings (SSSR count). The van der Waals surface area contributed by atoms with Gasteiger partial charge in [-0.2, -0.15) is 0 Å². The quantitative estimate of drug-likeness (QED) is 0.169. The number of hydrogen-bond acceptors (Lipinski definition) is 4. The van der Waals surface area contributed by atoms with Crippen LogP contribution in [-0.2, 0) is 4.79 Å². The first-order chi connectivity index (χ1) is 16.3. The molecule has 0 saturated heterocycles. The minimum Gasteiger partial charge on any atom is -0.332 e. The van der Waals surface area contributed by atoms with Crippen molar-refractivity contribution < 1.29 is 9.59 Å². The van der Waals surface area contributed by atoms with Crippen LogP contribution in [0.4, 0.5) is 17.1 Å². The lowest BCUT2D eigenvalue weighted by Gasteiger charge is -2.17. The van der Waals surface area contributed by atoms with E-state index in [0.29, 0.717) is 22.1 Å². The maximum absolute atomic E-state index is 12.9. The van der Waals surface area contributed by atoms with Gasteiger partial charge in [-0.1, -0.05) is 30.7 Å². The molecule has 0 bridgehead atoms. The van der Waals surface area contributed by atoms with Crippen molar-refractivity contribution >= 4 is 69.4 Å². The minimum absolute atomic E-state index is 0.0170. The van der Waals surface area contributed by atoms with Crippen molar-refractivity contribution in [3.8, 4) is 0 Å². The smallest absolute Gasteiger partial charge is 0.237 e. The molecule has 3 aromatic rings. The monoisotopic (exact) mass is 511 g/mol. The maximum Gasteiger partial charge on any atom is 0.237 e. The largest absolute Gasteiger partial charge is 0.332 e. The van der Waals surface area contributed by atoms with Gasteiger partial charge in [0.2, 0.25) is 5.91 Å². The minimum atomic E-state index is -0.265. The third-order valence-corrected chi connectivity index (χ3v) is 7.08. The highest BCUT2D eigenvalue weighted by Gasteiger charge is 2.19. The van der Waals surface area contributed by atoms with Crippen LogP contribution >= 0.6 is 35.6 Å². The average molecular weight is 512 g/mol. The fourth-order valence-corrected chi connectivity index (χ4v) is 4.60. The lowest BCUT2D eigenvalue weighted by Crippen LogP contribution is -2.25. The van der Waals surface area contributed by atoms with Crippen LogP contribution in [0.15, 0.2) is 71.6 Å². The van der Waals surface area contributed by atoms with Gasteiger partial charge in [0.05, 0.1) is 5.25 Å². The number of thioether (sulfide) groups is 1. The number of nitrogens with one attached hydrogen (secondary N) is 3. The predicted molar refractivity (Wildman–Crippen MR) is 147 cm³/mol. The molecule has 0 aromatic heterocycles. The molecule has 0 aliphatic heterocycles. The van der Waals surface area contributed by atoms with Gasteiger partial charge in [0.15, 0.2) is 10.9 Å². The fraction of sp³-hybridized carbons (Fsp3) is 0.192. The van der Waals surface area contributed by atoms with Gasteiger partial charge in [-0.15, -0.1) is 11.8 Å². The lowest BCUT2D eigenvalue weighted by molar-refractivity contribution is -0.115. The number of thiocarbonyl (C=S) groups is 1. The Labute approximate surface area is 214 Å². The van der Waals surface area contributed by atoms with Crippen molar-refractivity contribution in [3.63, 3.8) is 0 Å². The fourth-order valence-electron chi connectivity index (χ4n) is 3.17. The second-order valence-electron chi connectivity index (χ2n) is 7.66. The third kappa shape index (κ3) is 7.06. The zero-order chi connectivity index (χ0) is 24.7. The summed E-state index contributed by atoms with van der Waals surface area (Å²) in [6.07, 6.45) is 0.671. The number of carbonyl (C=O) groups is 2. The number of rotatable bonds is 8. The van der Waals surface area contributed by atoms with Gasteiger partial charge < -0.3 is 16.0 Å². The molecule has 0 fully saturated rings. The molecule has 1 unspecified atom stereocenters. The van der Waals surface area contributed by atoms with Crippen molar-refractivity contribution in [1.29, 1.82) is 0 Å². The number of carbonyl (C=O) groups excluding carboxylic acids is 2. The van der Waals surface area contributed by atoms with Gasteiger partial charge in [0.25, 0.3) is 0 Å². The highest BCUT2D eigenvalue weighted by molar-refractivity contribution is 8.00. The van der Waals surface area contributed by atoms with Gasteiger partial charge in [0, 0.05) is 32.5 Å². The topological polar surface area (TPSA) is 70.2 Å². The number of ketones is 1. The highest BCUT2D eigenvalue weighted by Crippen LogP contribution is 2.30. The van der Waals surface area contributed by atoms with Crippen LogP contribution < -0.4 is 16.0 Å². The highest BCUT2D eigenvalue weighted by atomic mass is 35.5. The molecular weight excluding hydrogens is 486 g/mol. The van der Waals surface area contributed by atoms with E-state index in [1.165, 1.54) is 18.7 Å². The van der Waals surface area contributed by atoms with E-state index in [9.17, 15) is 9.59 Å². The summed E-state index contributed by atoms with van der Waals surface area (Å²) in [5.74, 6) is -0.0502. The van der Waals surface area contributed by atoms with E-state index in [-0.39, 0.29) is 16.9 Å². The van der Waals surface area contributed by atoms with Crippen LogP contribution in [0.2, 0.25) is 5.02 Å². The van der Waals surface area contributed by atoms with Crippen LogP contribution in [-0.4, -0.2) is 22.1 Å². The van der Waals surface area contributed by atoms with Crippen LogP contribution in [0.3, 0.4) is 0 Å². The Morgan fingerprint density at radius 2 is 1.65 bits per heavy atom. The van der Waals surface area contributed by atoms with Crippen LogP contribution in [0.1, 0.15) is 36.2 Å². The number of hydrogen-bond donors (Lipinski definition) is 3. The third-order valence-electron chi connectivity index (χ3n) is 5.11. The number of anilines is 3. The van der Waals surface area contributed by atoms with E-state index in [1.807, 2.05) is 62.4 Å². The Morgan fingerprint density at radius 3 is 2.32 bits per heavy atom.